The van der Waals surface area contributed by atoms with E-state index < -0.39 is 0 Å². The topological polar surface area (TPSA) is 24.1 Å². The van der Waals surface area contributed by atoms with Crippen molar-refractivity contribution in [1.29, 1.82) is 0 Å². The summed E-state index contributed by atoms with van der Waals surface area (Å²) in [4.78, 5) is 0. The summed E-state index contributed by atoms with van der Waals surface area (Å²) in [5.41, 5.74) is 1.34. The van der Waals surface area contributed by atoms with Gasteiger partial charge in [0.15, 0.2) is 0 Å². The van der Waals surface area contributed by atoms with Gasteiger partial charge in [-0.15, -0.1) is 0 Å². The van der Waals surface area contributed by atoms with Crippen molar-refractivity contribution in [1.82, 2.24) is 10.6 Å². The summed E-state index contributed by atoms with van der Waals surface area (Å²) in [5, 5.41) is 6.58. The van der Waals surface area contributed by atoms with Crippen molar-refractivity contribution in [3.63, 3.8) is 0 Å². The van der Waals surface area contributed by atoms with E-state index in [-0.39, 0.29) is 0 Å². The highest BCUT2D eigenvalue weighted by Gasteiger charge is 1.98. The first-order valence-electron chi connectivity index (χ1n) is 4.75. The van der Waals surface area contributed by atoms with E-state index in [1.807, 2.05) is 13.1 Å². The average Bonchev–Trinajstić information content (AvgIpc) is 2.17. The quantitative estimate of drug-likeness (QED) is 0.712. The molecule has 1 unspecified atom stereocenters. The highest BCUT2D eigenvalue weighted by atomic mass is 15.0. The van der Waals surface area contributed by atoms with E-state index in [0.29, 0.717) is 6.04 Å². The molecule has 0 bridgehead atoms. The Morgan fingerprint density at radius 1 is 1.23 bits per heavy atom. The molecule has 0 spiro atoms. The van der Waals surface area contributed by atoms with Crippen LogP contribution in [0.1, 0.15) is 12.5 Å². The van der Waals surface area contributed by atoms with Gasteiger partial charge in [-0.3, -0.25) is 0 Å². The van der Waals surface area contributed by atoms with Gasteiger partial charge in [-0.2, -0.15) is 0 Å². The molecular formula is C11H18N2. The number of hydrogen-bond acceptors (Lipinski definition) is 2. The van der Waals surface area contributed by atoms with E-state index >= 15 is 0 Å². The number of likely N-dealkylation sites (N-methyl/N-ethyl adjacent to an activating group) is 1. The fourth-order valence-corrected chi connectivity index (χ4v) is 1.27. The number of benzene rings is 1. The minimum absolute atomic E-state index is 0.519. The molecule has 0 aliphatic rings. The molecule has 2 nitrogen and oxygen atoms in total. The van der Waals surface area contributed by atoms with Crippen molar-refractivity contribution in [3.05, 3.63) is 35.9 Å². The SMILES string of the molecule is CNCC(C)NCc1ccccc1. The van der Waals surface area contributed by atoms with Crippen molar-refractivity contribution < 1.29 is 0 Å². The molecule has 1 aromatic rings. The smallest absolute Gasteiger partial charge is 0.0208 e. The molecule has 0 aliphatic heterocycles. The van der Waals surface area contributed by atoms with Gasteiger partial charge in [-0.25, -0.2) is 0 Å². The predicted octanol–water partition coefficient (Wildman–Crippen LogP) is 1.38. The van der Waals surface area contributed by atoms with Crippen LogP contribution in [-0.2, 0) is 6.54 Å². The zero-order valence-corrected chi connectivity index (χ0v) is 8.38. The second-order valence-electron chi connectivity index (χ2n) is 3.33. The highest BCUT2D eigenvalue weighted by Crippen LogP contribution is 1.97. The van der Waals surface area contributed by atoms with Gasteiger partial charge in [0.05, 0.1) is 0 Å². The fourth-order valence-electron chi connectivity index (χ4n) is 1.27. The summed E-state index contributed by atoms with van der Waals surface area (Å²) in [7, 11) is 1.97. The van der Waals surface area contributed by atoms with Crippen LogP contribution < -0.4 is 10.6 Å². The Labute approximate surface area is 80.4 Å². The standard InChI is InChI=1S/C11H18N2/c1-10(8-12-2)13-9-11-6-4-3-5-7-11/h3-7,10,12-13H,8-9H2,1-2H3. The molecule has 72 valence electrons. The summed E-state index contributed by atoms with van der Waals surface area (Å²) < 4.78 is 0. The maximum Gasteiger partial charge on any atom is 0.0208 e. The highest BCUT2D eigenvalue weighted by molar-refractivity contribution is 5.14. The lowest BCUT2D eigenvalue weighted by Gasteiger charge is -2.12. The minimum atomic E-state index is 0.519. The molecule has 0 radical (unpaired) electrons. The van der Waals surface area contributed by atoms with Crippen molar-refractivity contribution in [2.45, 2.75) is 19.5 Å². The molecule has 0 heterocycles. The molecule has 2 heteroatoms. The summed E-state index contributed by atoms with van der Waals surface area (Å²) >= 11 is 0. The maximum absolute atomic E-state index is 3.44. The molecule has 0 saturated carbocycles. The van der Waals surface area contributed by atoms with Crippen molar-refractivity contribution in [2.75, 3.05) is 13.6 Å². The van der Waals surface area contributed by atoms with Crippen LogP contribution in [0.2, 0.25) is 0 Å². The van der Waals surface area contributed by atoms with Crippen molar-refractivity contribution in [3.8, 4) is 0 Å². The van der Waals surface area contributed by atoms with Gasteiger partial charge in [-0.05, 0) is 19.5 Å². The second-order valence-corrected chi connectivity index (χ2v) is 3.33. The molecular weight excluding hydrogens is 160 g/mol. The Morgan fingerprint density at radius 2 is 1.92 bits per heavy atom. The third-order valence-electron chi connectivity index (χ3n) is 2.01. The zero-order chi connectivity index (χ0) is 9.52. The van der Waals surface area contributed by atoms with E-state index in [0.717, 1.165) is 13.1 Å². The van der Waals surface area contributed by atoms with Crippen LogP contribution >= 0.6 is 0 Å². The Kier molecular flexibility index (Phi) is 4.50. The first-order chi connectivity index (χ1) is 6.33. The third-order valence-corrected chi connectivity index (χ3v) is 2.01. The Hall–Kier alpha value is -0.860. The van der Waals surface area contributed by atoms with Crippen LogP contribution in [0.4, 0.5) is 0 Å². The van der Waals surface area contributed by atoms with E-state index in [1.165, 1.54) is 5.56 Å². The summed E-state index contributed by atoms with van der Waals surface area (Å²) in [5.74, 6) is 0. The molecule has 2 N–H and O–H groups in total. The maximum atomic E-state index is 3.44. The molecule has 1 aromatic carbocycles. The van der Waals surface area contributed by atoms with E-state index in [2.05, 4.69) is 41.8 Å². The summed E-state index contributed by atoms with van der Waals surface area (Å²) in [6, 6.07) is 11.0. The summed E-state index contributed by atoms with van der Waals surface area (Å²) in [6.45, 7) is 4.13. The van der Waals surface area contributed by atoms with Crippen LogP contribution in [0.5, 0.6) is 0 Å². The van der Waals surface area contributed by atoms with Crippen LogP contribution in [0.3, 0.4) is 0 Å². The van der Waals surface area contributed by atoms with Gasteiger partial charge in [0.25, 0.3) is 0 Å². The molecule has 0 aromatic heterocycles. The zero-order valence-electron chi connectivity index (χ0n) is 8.38. The predicted molar refractivity (Wildman–Crippen MR) is 56.7 cm³/mol. The molecule has 1 rings (SSSR count). The molecule has 0 fully saturated rings. The normalized spacial score (nSPS) is 12.8. The molecule has 13 heavy (non-hydrogen) atoms. The van der Waals surface area contributed by atoms with Gasteiger partial charge in [0.1, 0.15) is 0 Å². The van der Waals surface area contributed by atoms with Crippen molar-refractivity contribution >= 4 is 0 Å². The van der Waals surface area contributed by atoms with E-state index in [9.17, 15) is 0 Å². The molecule has 0 amide bonds. The first-order valence-corrected chi connectivity index (χ1v) is 4.75. The Balaban J connectivity index is 2.27. The Bertz CT molecular complexity index is 221. The number of hydrogen-bond donors (Lipinski definition) is 2. The average molecular weight is 178 g/mol. The first kappa shape index (κ1) is 10.2. The molecule has 0 saturated heterocycles. The molecule has 1 atom stereocenters. The largest absolute Gasteiger partial charge is 0.318 e. The van der Waals surface area contributed by atoms with Crippen LogP contribution in [0, 0.1) is 0 Å². The van der Waals surface area contributed by atoms with Crippen LogP contribution in [-0.4, -0.2) is 19.6 Å². The monoisotopic (exact) mass is 178 g/mol. The number of nitrogens with one attached hydrogen (secondary N) is 2. The number of rotatable bonds is 5. The van der Waals surface area contributed by atoms with E-state index in [4.69, 9.17) is 0 Å². The van der Waals surface area contributed by atoms with Gasteiger partial charge >= 0.3 is 0 Å². The second kappa shape index (κ2) is 5.73. The van der Waals surface area contributed by atoms with Crippen LogP contribution in [0.25, 0.3) is 0 Å². The van der Waals surface area contributed by atoms with Gasteiger partial charge in [0.2, 0.25) is 0 Å². The minimum Gasteiger partial charge on any atom is -0.318 e. The lowest BCUT2D eigenvalue weighted by molar-refractivity contribution is 0.523. The lowest BCUT2D eigenvalue weighted by Crippen LogP contribution is -2.34. The summed E-state index contributed by atoms with van der Waals surface area (Å²) in [6.07, 6.45) is 0. The lowest BCUT2D eigenvalue weighted by atomic mass is 10.2. The fraction of sp³-hybridized carbons (Fsp3) is 0.455. The van der Waals surface area contributed by atoms with E-state index in [1.54, 1.807) is 0 Å². The van der Waals surface area contributed by atoms with Gasteiger partial charge in [-0.1, -0.05) is 30.3 Å². The van der Waals surface area contributed by atoms with Crippen LogP contribution in [0.15, 0.2) is 30.3 Å². The third kappa shape index (κ3) is 4.06. The molecule has 0 aliphatic carbocycles. The Morgan fingerprint density at radius 3 is 2.54 bits per heavy atom. The van der Waals surface area contributed by atoms with Gasteiger partial charge < -0.3 is 10.6 Å². The van der Waals surface area contributed by atoms with Gasteiger partial charge in [0, 0.05) is 19.1 Å². The van der Waals surface area contributed by atoms with Crippen molar-refractivity contribution in [2.24, 2.45) is 0 Å².